The van der Waals surface area contributed by atoms with Gasteiger partial charge in [-0.25, -0.2) is 14.2 Å². The average molecular weight is 279 g/mol. The molecular weight excluding hydrogens is 265 g/mol. The van der Waals surface area contributed by atoms with Crippen LogP contribution in [0.5, 0.6) is 0 Å². The summed E-state index contributed by atoms with van der Waals surface area (Å²) >= 11 is 1.44. The van der Waals surface area contributed by atoms with E-state index in [2.05, 4.69) is 4.98 Å². The molecule has 1 heterocycles. The van der Waals surface area contributed by atoms with E-state index < -0.39 is 5.97 Å². The Morgan fingerprint density at radius 1 is 1.32 bits per heavy atom. The van der Waals surface area contributed by atoms with Gasteiger partial charge in [0.25, 0.3) is 0 Å². The minimum atomic E-state index is -0.433. The van der Waals surface area contributed by atoms with Gasteiger partial charge in [0.2, 0.25) is 0 Å². The van der Waals surface area contributed by atoms with E-state index in [-0.39, 0.29) is 5.82 Å². The summed E-state index contributed by atoms with van der Waals surface area (Å²) in [5.41, 5.74) is 1.09. The van der Waals surface area contributed by atoms with E-state index in [0.717, 1.165) is 21.9 Å². The van der Waals surface area contributed by atoms with E-state index in [0.29, 0.717) is 12.3 Å². The smallest absolute Gasteiger partial charge is 0.358 e. The Hall–Kier alpha value is -1.75. The molecule has 0 unspecified atom stereocenters. The fourth-order valence-corrected chi connectivity index (χ4v) is 2.65. The van der Waals surface area contributed by atoms with Crippen LogP contribution < -0.4 is 0 Å². The largest absolute Gasteiger partial charge is 0.461 e. The molecule has 0 spiro atoms. The van der Waals surface area contributed by atoms with Gasteiger partial charge in [-0.05, 0) is 31.0 Å². The molecule has 0 radical (unpaired) electrons. The van der Waals surface area contributed by atoms with Crippen molar-refractivity contribution in [1.29, 1.82) is 0 Å². The highest BCUT2D eigenvalue weighted by molar-refractivity contribution is 7.15. The maximum atomic E-state index is 12.9. The Labute approximate surface area is 115 Å². The maximum Gasteiger partial charge on any atom is 0.358 e. The van der Waals surface area contributed by atoms with Crippen LogP contribution in [0.25, 0.3) is 10.4 Å². The molecule has 0 atom stereocenters. The predicted molar refractivity (Wildman–Crippen MR) is 72.8 cm³/mol. The number of hydrogen-bond donors (Lipinski definition) is 0. The summed E-state index contributed by atoms with van der Waals surface area (Å²) in [7, 11) is 0. The van der Waals surface area contributed by atoms with Crippen LogP contribution in [0.15, 0.2) is 24.3 Å². The van der Waals surface area contributed by atoms with Gasteiger partial charge in [-0.15, -0.1) is 11.3 Å². The third-order valence-corrected chi connectivity index (χ3v) is 3.80. The van der Waals surface area contributed by atoms with Crippen LogP contribution in [0.3, 0.4) is 0 Å². The van der Waals surface area contributed by atoms with Gasteiger partial charge in [-0.3, -0.25) is 0 Å². The number of benzene rings is 1. The molecule has 3 nitrogen and oxygen atoms in total. The van der Waals surface area contributed by atoms with Gasteiger partial charge < -0.3 is 4.74 Å². The molecule has 0 aliphatic heterocycles. The van der Waals surface area contributed by atoms with E-state index in [4.69, 9.17) is 4.74 Å². The van der Waals surface area contributed by atoms with E-state index in [1.165, 1.54) is 23.5 Å². The van der Waals surface area contributed by atoms with E-state index in [1.54, 1.807) is 19.1 Å². The third-order valence-electron chi connectivity index (χ3n) is 2.55. The van der Waals surface area contributed by atoms with Crippen molar-refractivity contribution >= 4 is 17.3 Å². The lowest BCUT2D eigenvalue weighted by Gasteiger charge is -2.02. The number of nitrogens with zero attached hydrogens (tertiary/aromatic N) is 1. The normalized spacial score (nSPS) is 10.5. The Morgan fingerprint density at radius 2 is 2.00 bits per heavy atom. The summed E-state index contributed by atoms with van der Waals surface area (Å²) in [5.74, 6) is -0.737. The highest BCUT2D eigenvalue weighted by Crippen LogP contribution is 2.31. The molecule has 100 valence electrons. The van der Waals surface area contributed by atoms with Crippen LogP contribution in [0.4, 0.5) is 4.39 Å². The molecule has 2 aromatic rings. The number of esters is 1. The zero-order valence-corrected chi connectivity index (χ0v) is 11.6. The number of thiazole rings is 1. The number of halogens is 1. The first-order valence-electron chi connectivity index (χ1n) is 6.08. The summed E-state index contributed by atoms with van der Waals surface area (Å²) < 4.78 is 18.0. The van der Waals surface area contributed by atoms with Crippen molar-refractivity contribution in [3.63, 3.8) is 0 Å². The fraction of sp³-hybridized carbons (Fsp3) is 0.286. The second kappa shape index (κ2) is 5.93. The first-order chi connectivity index (χ1) is 9.15. The lowest BCUT2D eigenvalue weighted by molar-refractivity contribution is 0.0521. The van der Waals surface area contributed by atoms with Crippen molar-refractivity contribution in [2.45, 2.75) is 20.3 Å². The second-order valence-electron chi connectivity index (χ2n) is 3.87. The van der Waals surface area contributed by atoms with Gasteiger partial charge in [-0.2, -0.15) is 0 Å². The van der Waals surface area contributed by atoms with E-state index in [9.17, 15) is 9.18 Å². The number of carbonyl (C=O) groups is 1. The molecular formula is C14H14FNO2S. The highest BCUT2D eigenvalue weighted by Gasteiger charge is 2.19. The molecule has 0 amide bonds. The second-order valence-corrected chi connectivity index (χ2v) is 4.95. The molecule has 0 aliphatic rings. The molecule has 0 saturated heterocycles. The zero-order valence-electron chi connectivity index (χ0n) is 10.8. The summed E-state index contributed by atoms with van der Waals surface area (Å²) in [5, 5.41) is 0.863. The zero-order chi connectivity index (χ0) is 13.8. The Kier molecular flexibility index (Phi) is 4.27. The van der Waals surface area contributed by atoms with Crippen molar-refractivity contribution in [2.24, 2.45) is 0 Å². The molecule has 0 fully saturated rings. The van der Waals surface area contributed by atoms with Gasteiger partial charge in [0.1, 0.15) is 5.82 Å². The quantitative estimate of drug-likeness (QED) is 0.801. The Bertz CT molecular complexity index is 578. The predicted octanol–water partition coefficient (Wildman–Crippen LogP) is 3.69. The molecule has 1 aromatic heterocycles. The van der Waals surface area contributed by atoms with Crippen LogP contribution in [0.2, 0.25) is 0 Å². The fourth-order valence-electron chi connectivity index (χ4n) is 1.65. The van der Waals surface area contributed by atoms with Gasteiger partial charge in [-0.1, -0.05) is 19.1 Å². The third kappa shape index (κ3) is 2.98. The van der Waals surface area contributed by atoms with Gasteiger partial charge in [0.05, 0.1) is 16.5 Å². The molecule has 19 heavy (non-hydrogen) atoms. The van der Waals surface area contributed by atoms with Gasteiger partial charge >= 0.3 is 5.97 Å². The van der Waals surface area contributed by atoms with Crippen LogP contribution in [0, 0.1) is 5.82 Å². The number of hydrogen-bond acceptors (Lipinski definition) is 4. The first kappa shape index (κ1) is 13.7. The van der Waals surface area contributed by atoms with Gasteiger partial charge in [0.15, 0.2) is 5.69 Å². The summed E-state index contributed by atoms with van der Waals surface area (Å²) in [6, 6.07) is 6.03. The minimum absolute atomic E-state index is 0.304. The number of aryl methyl sites for hydroxylation is 1. The number of ether oxygens (including phenoxy) is 1. The van der Waals surface area contributed by atoms with Gasteiger partial charge in [0, 0.05) is 0 Å². The average Bonchev–Trinajstić information content (AvgIpc) is 2.84. The van der Waals surface area contributed by atoms with Crippen molar-refractivity contribution in [3.8, 4) is 10.4 Å². The highest BCUT2D eigenvalue weighted by atomic mass is 32.1. The number of rotatable bonds is 4. The lowest BCUT2D eigenvalue weighted by atomic mass is 10.1. The molecule has 0 bridgehead atoms. The van der Waals surface area contributed by atoms with Crippen LogP contribution >= 0.6 is 11.3 Å². The Balaban J connectivity index is 2.46. The molecule has 5 heteroatoms. The summed E-state index contributed by atoms with van der Waals surface area (Å²) in [4.78, 5) is 16.9. The molecule has 0 aliphatic carbocycles. The maximum absolute atomic E-state index is 12.9. The van der Waals surface area contributed by atoms with E-state index >= 15 is 0 Å². The summed E-state index contributed by atoms with van der Waals surface area (Å²) in [6.45, 7) is 4.03. The first-order valence-corrected chi connectivity index (χ1v) is 6.90. The molecule has 2 rings (SSSR count). The lowest BCUT2D eigenvalue weighted by Crippen LogP contribution is -2.06. The minimum Gasteiger partial charge on any atom is -0.461 e. The summed E-state index contributed by atoms with van der Waals surface area (Å²) in [6.07, 6.45) is 0.748. The molecule has 0 saturated carbocycles. The van der Waals surface area contributed by atoms with Crippen molar-refractivity contribution in [1.82, 2.24) is 4.98 Å². The van der Waals surface area contributed by atoms with Crippen molar-refractivity contribution in [2.75, 3.05) is 6.61 Å². The molecule has 0 N–H and O–H groups in total. The standard InChI is InChI=1S/C14H14FNO2S/c1-3-11-16-12(14(17)18-4-2)13(19-11)9-5-7-10(15)8-6-9/h5-8H,3-4H2,1-2H3. The SMILES string of the molecule is CCOC(=O)c1nc(CC)sc1-c1ccc(F)cc1. The molecule has 1 aromatic carbocycles. The van der Waals surface area contributed by atoms with Crippen molar-refractivity contribution < 1.29 is 13.9 Å². The van der Waals surface area contributed by atoms with Crippen LogP contribution in [0.1, 0.15) is 29.3 Å². The van der Waals surface area contributed by atoms with Crippen LogP contribution in [-0.2, 0) is 11.2 Å². The monoisotopic (exact) mass is 279 g/mol. The van der Waals surface area contributed by atoms with Crippen LogP contribution in [-0.4, -0.2) is 17.6 Å². The Morgan fingerprint density at radius 3 is 2.58 bits per heavy atom. The number of aromatic nitrogens is 1. The van der Waals surface area contributed by atoms with Crippen molar-refractivity contribution in [3.05, 3.63) is 40.8 Å². The van der Waals surface area contributed by atoms with E-state index in [1.807, 2.05) is 6.92 Å². The number of carbonyl (C=O) groups excluding carboxylic acids is 1. The topological polar surface area (TPSA) is 39.2 Å².